The van der Waals surface area contributed by atoms with Crippen LogP contribution in [0.25, 0.3) is 10.9 Å². The smallest absolute Gasteiger partial charge is 0.320 e. The average Bonchev–Trinajstić information content (AvgIpc) is 2.98. The third-order valence-electron chi connectivity index (χ3n) is 4.69. The lowest BCUT2D eigenvalue weighted by Gasteiger charge is -2.35. The van der Waals surface area contributed by atoms with Gasteiger partial charge in [-0.2, -0.15) is 0 Å². The van der Waals surface area contributed by atoms with E-state index in [0.717, 1.165) is 18.8 Å². The quantitative estimate of drug-likeness (QED) is 0.808. The Morgan fingerprint density at radius 2 is 1.91 bits per heavy atom. The van der Waals surface area contributed by atoms with Gasteiger partial charge in [0.25, 0.3) is 0 Å². The van der Waals surface area contributed by atoms with Crippen LogP contribution in [-0.4, -0.2) is 60.4 Å². The summed E-state index contributed by atoms with van der Waals surface area (Å²) in [5.74, 6) is 0.863. The maximum Gasteiger partial charge on any atom is 0.320 e. The van der Waals surface area contributed by atoms with E-state index >= 15 is 0 Å². The molecule has 2 amide bonds. The van der Waals surface area contributed by atoms with Crippen LogP contribution in [0.1, 0.15) is 5.69 Å². The first-order valence-corrected chi connectivity index (χ1v) is 8.04. The summed E-state index contributed by atoms with van der Waals surface area (Å²) in [6.45, 7) is 4.90. The van der Waals surface area contributed by atoms with Crippen molar-refractivity contribution in [2.24, 2.45) is 0 Å². The molecule has 0 spiro atoms. The van der Waals surface area contributed by atoms with Crippen LogP contribution in [0, 0.1) is 0 Å². The maximum absolute atomic E-state index is 12.6. The van der Waals surface area contributed by atoms with Crippen LogP contribution < -0.4 is 4.74 Å². The third kappa shape index (κ3) is 2.53. The van der Waals surface area contributed by atoms with E-state index in [1.165, 1.54) is 16.6 Å². The molecule has 1 saturated heterocycles. The van der Waals surface area contributed by atoms with Crippen molar-refractivity contribution in [1.82, 2.24) is 14.4 Å². The normalized spacial score (nSPS) is 18.1. The van der Waals surface area contributed by atoms with Gasteiger partial charge in [0, 0.05) is 42.8 Å². The molecule has 2 aromatic rings. The molecule has 0 N–H and O–H groups in total. The van der Waals surface area contributed by atoms with Crippen molar-refractivity contribution in [2.75, 3.05) is 40.0 Å². The molecule has 0 radical (unpaired) electrons. The topological polar surface area (TPSA) is 46.9 Å². The van der Waals surface area contributed by atoms with E-state index in [1.54, 1.807) is 7.11 Å². The fraction of sp³-hybridized carbons (Fsp3) is 0.471. The fourth-order valence-electron chi connectivity index (χ4n) is 3.44. The summed E-state index contributed by atoms with van der Waals surface area (Å²) in [5.41, 5.74) is 2.39. The summed E-state index contributed by atoms with van der Waals surface area (Å²) >= 11 is 0. The highest BCUT2D eigenvalue weighted by Gasteiger charge is 2.27. The lowest BCUT2D eigenvalue weighted by molar-refractivity contribution is 0.0410. The molecule has 6 heteroatoms. The number of urea groups is 1. The summed E-state index contributed by atoms with van der Waals surface area (Å²) in [6.07, 6.45) is 0. The highest BCUT2D eigenvalue weighted by molar-refractivity contribution is 5.83. The van der Waals surface area contributed by atoms with E-state index < -0.39 is 0 Å². The van der Waals surface area contributed by atoms with Crippen molar-refractivity contribution in [3.63, 3.8) is 0 Å². The first-order valence-electron chi connectivity index (χ1n) is 8.04. The molecule has 6 nitrogen and oxygen atoms in total. The first kappa shape index (κ1) is 14.4. The molecule has 1 fully saturated rings. The number of amides is 2. The SMILES string of the molecule is COc1ccc2c(c1)cc1n2CCN(C(=O)N2CCOCC2)C1. The summed E-state index contributed by atoms with van der Waals surface area (Å²) in [7, 11) is 1.68. The molecule has 122 valence electrons. The Morgan fingerprint density at radius 3 is 2.70 bits per heavy atom. The highest BCUT2D eigenvalue weighted by Crippen LogP contribution is 2.27. The number of carbonyl (C=O) groups excluding carboxylic acids is 1. The van der Waals surface area contributed by atoms with E-state index in [1.807, 2.05) is 15.9 Å². The molecule has 0 aliphatic carbocycles. The standard InChI is InChI=1S/C17H21N3O3/c1-22-15-2-3-16-13(11-15)10-14-12-19(4-5-20(14)16)17(21)18-6-8-23-9-7-18/h2-3,10-11H,4-9,12H2,1H3. The van der Waals surface area contributed by atoms with E-state index in [4.69, 9.17) is 9.47 Å². The molecular weight excluding hydrogens is 294 g/mol. The van der Waals surface area contributed by atoms with Crippen LogP contribution in [0.2, 0.25) is 0 Å². The molecule has 2 aliphatic heterocycles. The molecule has 0 atom stereocenters. The van der Waals surface area contributed by atoms with E-state index in [2.05, 4.69) is 22.8 Å². The van der Waals surface area contributed by atoms with Crippen LogP contribution in [0.3, 0.4) is 0 Å². The Bertz CT molecular complexity index is 734. The van der Waals surface area contributed by atoms with Gasteiger partial charge in [-0.1, -0.05) is 0 Å². The number of morpholine rings is 1. The van der Waals surface area contributed by atoms with Crippen molar-refractivity contribution in [3.05, 3.63) is 30.0 Å². The molecule has 1 aromatic carbocycles. The number of hydrogen-bond acceptors (Lipinski definition) is 3. The van der Waals surface area contributed by atoms with Crippen LogP contribution in [-0.2, 0) is 17.8 Å². The Kier molecular flexibility index (Phi) is 3.61. The number of nitrogens with zero attached hydrogens (tertiary/aromatic N) is 3. The molecule has 0 unspecified atom stereocenters. The Balaban J connectivity index is 1.57. The van der Waals surface area contributed by atoms with Crippen molar-refractivity contribution in [1.29, 1.82) is 0 Å². The predicted molar refractivity (Wildman–Crippen MR) is 86.7 cm³/mol. The molecular formula is C17H21N3O3. The minimum absolute atomic E-state index is 0.127. The molecule has 3 heterocycles. The Morgan fingerprint density at radius 1 is 1.09 bits per heavy atom. The van der Waals surface area contributed by atoms with E-state index in [9.17, 15) is 4.79 Å². The molecule has 23 heavy (non-hydrogen) atoms. The minimum atomic E-state index is 0.127. The van der Waals surface area contributed by atoms with Gasteiger partial charge < -0.3 is 23.8 Å². The van der Waals surface area contributed by atoms with Gasteiger partial charge in [-0.05, 0) is 24.3 Å². The highest BCUT2D eigenvalue weighted by atomic mass is 16.5. The Hall–Kier alpha value is -2.21. The Labute approximate surface area is 135 Å². The lowest BCUT2D eigenvalue weighted by Crippen LogP contribution is -2.50. The number of ether oxygens (including phenoxy) is 2. The lowest BCUT2D eigenvalue weighted by atomic mass is 10.2. The van der Waals surface area contributed by atoms with E-state index in [-0.39, 0.29) is 6.03 Å². The molecule has 2 aliphatic rings. The van der Waals surface area contributed by atoms with Crippen LogP contribution in [0.4, 0.5) is 4.79 Å². The number of hydrogen-bond donors (Lipinski definition) is 0. The second-order valence-electron chi connectivity index (χ2n) is 6.02. The second-order valence-corrected chi connectivity index (χ2v) is 6.02. The van der Waals surface area contributed by atoms with Gasteiger partial charge in [-0.25, -0.2) is 4.79 Å². The summed E-state index contributed by atoms with van der Waals surface area (Å²) in [6, 6.07) is 8.42. The van der Waals surface area contributed by atoms with Gasteiger partial charge in [-0.3, -0.25) is 0 Å². The number of aromatic nitrogens is 1. The van der Waals surface area contributed by atoms with Crippen molar-refractivity contribution in [3.8, 4) is 5.75 Å². The molecule has 1 aromatic heterocycles. The zero-order valence-electron chi connectivity index (χ0n) is 13.3. The second kappa shape index (κ2) is 5.77. The van der Waals surface area contributed by atoms with Gasteiger partial charge in [-0.15, -0.1) is 0 Å². The van der Waals surface area contributed by atoms with Crippen molar-refractivity contribution >= 4 is 16.9 Å². The zero-order valence-corrected chi connectivity index (χ0v) is 13.3. The number of methoxy groups -OCH3 is 1. The van der Waals surface area contributed by atoms with Gasteiger partial charge in [0.05, 0.1) is 26.9 Å². The van der Waals surface area contributed by atoms with Gasteiger partial charge in [0.1, 0.15) is 5.75 Å². The summed E-state index contributed by atoms with van der Waals surface area (Å²) < 4.78 is 12.9. The van der Waals surface area contributed by atoms with Crippen molar-refractivity contribution in [2.45, 2.75) is 13.1 Å². The van der Waals surface area contributed by atoms with Gasteiger partial charge in [0.15, 0.2) is 0 Å². The largest absolute Gasteiger partial charge is 0.497 e. The number of carbonyl (C=O) groups is 1. The maximum atomic E-state index is 12.6. The fourth-order valence-corrected chi connectivity index (χ4v) is 3.44. The number of benzene rings is 1. The molecule has 0 bridgehead atoms. The van der Waals surface area contributed by atoms with Gasteiger partial charge in [0.2, 0.25) is 0 Å². The number of fused-ring (bicyclic) bond motifs is 3. The molecule has 4 rings (SSSR count). The van der Waals surface area contributed by atoms with Crippen LogP contribution in [0.5, 0.6) is 5.75 Å². The summed E-state index contributed by atoms with van der Waals surface area (Å²) in [4.78, 5) is 16.5. The summed E-state index contributed by atoms with van der Waals surface area (Å²) in [5, 5.41) is 1.17. The third-order valence-corrected chi connectivity index (χ3v) is 4.69. The monoisotopic (exact) mass is 315 g/mol. The minimum Gasteiger partial charge on any atom is -0.497 e. The zero-order chi connectivity index (χ0) is 15.8. The molecule has 0 saturated carbocycles. The van der Waals surface area contributed by atoms with Gasteiger partial charge >= 0.3 is 6.03 Å². The van der Waals surface area contributed by atoms with Crippen molar-refractivity contribution < 1.29 is 14.3 Å². The number of rotatable bonds is 1. The predicted octanol–water partition coefficient (Wildman–Crippen LogP) is 1.92. The van der Waals surface area contributed by atoms with Crippen LogP contribution >= 0.6 is 0 Å². The van der Waals surface area contributed by atoms with Crippen LogP contribution in [0.15, 0.2) is 24.3 Å². The van der Waals surface area contributed by atoms with E-state index in [0.29, 0.717) is 32.8 Å². The first-order chi connectivity index (χ1) is 11.3. The average molecular weight is 315 g/mol.